The van der Waals surface area contributed by atoms with E-state index in [0.29, 0.717) is 37.7 Å². The molecule has 0 spiro atoms. The van der Waals surface area contributed by atoms with E-state index in [-0.39, 0.29) is 12.5 Å². The molecule has 2 aromatic rings. The molecule has 0 atom stereocenters. The van der Waals surface area contributed by atoms with Crippen molar-refractivity contribution in [2.75, 3.05) is 33.5 Å². The van der Waals surface area contributed by atoms with Gasteiger partial charge in [0.15, 0.2) is 18.1 Å². The average molecular weight is 411 g/mol. The Bertz CT molecular complexity index is 891. The Morgan fingerprint density at radius 2 is 1.83 bits per heavy atom. The van der Waals surface area contributed by atoms with Crippen LogP contribution in [0.25, 0.3) is 6.08 Å². The third-order valence-electron chi connectivity index (χ3n) is 4.42. The monoisotopic (exact) mass is 411 g/mol. The standard InChI is InChI=1S/C23H25NO6/c1-27-19-7-3-17(4-8-19)11-12-24-22(25)16-30-23(26)10-6-18-5-9-20-21(15-18)29-14-2-13-28-20/h3-10,15H,2,11-14,16H2,1H3,(H,24,25)/b10-6+. The zero-order chi connectivity index (χ0) is 21.2. The van der Waals surface area contributed by atoms with Gasteiger partial charge in [0.2, 0.25) is 0 Å². The van der Waals surface area contributed by atoms with Gasteiger partial charge < -0.3 is 24.3 Å². The Labute approximate surface area is 175 Å². The molecule has 1 amide bonds. The van der Waals surface area contributed by atoms with E-state index in [0.717, 1.165) is 23.3 Å². The predicted octanol–water partition coefficient (Wildman–Crippen LogP) is 2.77. The third-order valence-corrected chi connectivity index (χ3v) is 4.42. The van der Waals surface area contributed by atoms with Crippen molar-refractivity contribution in [3.05, 3.63) is 59.7 Å². The number of nitrogens with one attached hydrogen (secondary N) is 1. The van der Waals surface area contributed by atoms with E-state index in [9.17, 15) is 9.59 Å². The first-order valence-corrected chi connectivity index (χ1v) is 9.78. The lowest BCUT2D eigenvalue weighted by Crippen LogP contribution is -2.30. The number of hydrogen-bond donors (Lipinski definition) is 1. The van der Waals surface area contributed by atoms with Crippen molar-refractivity contribution in [1.29, 1.82) is 0 Å². The maximum atomic E-state index is 11.9. The lowest BCUT2D eigenvalue weighted by Gasteiger charge is -2.07. The van der Waals surface area contributed by atoms with Gasteiger partial charge in [0.1, 0.15) is 5.75 Å². The van der Waals surface area contributed by atoms with Crippen LogP contribution in [0.3, 0.4) is 0 Å². The first kappa shape index (κ1) is 21.2. The molecule has 0 aliphatic carbocycles. The number of hydrogen-bond acceptors (Lipinski definition) is 6. The Morgan fingerprint density at radius 3 is 2.60 bits per heavy atom. The Hall–Kier alpha value is -3.48. The molecule has 7 heteroatoms. The Balaban J connectivity index is 1.38. The predicted molar refractivity (Wildman–Crippen MR) is 112 cm³/mol. The van der Waals surface area contributed by atoms with Gasteiger partial charge >= 0.3 is 5.97 Å². The van der Waals surface area contributed by atoms with Crippen molar-refractivity contribution >= 4 is 18.0 Å². The van der Waals surface area contributed by atoms with Gasteiger partial charge in [-0.2, -0.15) is 0 Å². The number of methoxy groups -OCH3 is 1. The first-order chi connectivity index (χ1) is 14.6. The number of fused-ring (bicyclic) bond motifs is 1. The van der Waals surface area contributed by atoms with E-state index in [1.165, 1.54) is 6.08 Å². The van der Waals surface area contributed by atoms with Gasteiger partial charge in [0.25, 0.3) is 5.91 Å². The molecular weight excluding hydrogens is 386 g/mol. The largest absolute Gasteiger partial charge is 0.497 e. The summed E-state index contributed by atoms with van der Waals surface area (Å²) in [6, 6.07) is 13.1. The second kappa shape index (κ2) is 10.9. The van der Waals surface area contributed by atoms with Crippen LogP contribution in [-0.4, -0.2) is 45.4 Å². The van der Waals surface area contributed by atoms with Crippen LogP contribution in [0.2, 0.25) is 0 Å². The lowest BCUT2D eigenvalue weighted by atomic mass is 10.1. The van der Waals surface area contributed by atoms with Crippen LogP contribution in [-0.2, 0) is 20.7 Å². The third kappa shape index (κ3) is 6.55. The number of carbonyl (C=O) groups is 2. The number of esters is 1. The van der Waals surface area contributed by atoms with Gasteiger partial charge in [-0.3, -0.25) is 4.79 Å². The van der Waals surface area contributed by atoms with Crippen LogP contribution >= 0.6 is 0 Å². The fourth-order valence-electron chi connectivity index (χ4n) is 2.82. The molecule has 1 aliphatic rings. The molecule has 0 aromatic heterocycles. The number of carbonyl (C=O) groups excluding carboxylic acids is 2. The van der Waals surface area contributed by atoms with E-state index in [1.807, 2.05) is 36.4 Å². The van der Waals surface area contributed by atoms with Crippen molar-refractivity contribution in [2.45, 2.75) is 12.8 Å². The zero-order valence-electron chi connectivity index (χ0n) is 16.9. The Kier molecular flexibility index (Phi) is 7.71. The highest BCUT2D eigenvalue weighted by Gasteiger charge is 2.10. The molecule has 30 heavy (non-hydrogen) atoms. The van der Waals surface area contributed by atoms with Crippen molar-refractivity contribution in [1.82, 2.24) is 5.32 Å². The molecule has 0 bridgehead atoms. The zero-order valence-corrected chi connectivity index (χ0v) is 16.9. The van der Waals surface area contributed by atoms with Crippen LogP contribution in [0.5, 0.6) is 17.2 Å². The van der Waals surface area contributed by atoms with Crippen LogP contribution < -0.4 is 19.5 Å². The number of amides is 1. The van der Waals surface area contributed by atoms with E-state index in [2.05, 4.69) is 5.32 Å². The van der Waals surface area contributed by atoms with E-state index < -0.39 is 5.97 Å². The molecule has 2 aromatic carbocycles. The summed E-state index contributed by atoms with van der Waals surface area (Å²) in [5.41, 5.74) is 1.85. The minimum absolute atomic E-state index is 0.326. The maximum Gasteiger partial charge on any atom is 0.331 e. The van der Waals surface area contributed by atoms with Gasteiger partial charge in [0, 0.05) is 19.0 Å². The fraction of sp³-hybridized carbons (Fsp3) is 0.304. The summed E-state index contributed by atoms with van der Waals surface area (Å²) in [6.07, 6.45) is 4.39. The van der Waals surface area contributed by atoms with Gasteiger partial charge in [0.05, 0.1) is 20.3 Å². The second-order valence-electron chi connectivity index (χ2n) is 6.65. The van der Waals surface area contributed by atoms with Crippen LogP contribution in [0.4, 0.5) is 0 Å². The van der Waals surface area contributed by atoms with Gasteiger partial charge in [-0.25, -0.2) is 4.79 Å². The smallest absolute Gasteiger partial charge is 0.331 e. The molecule has 0 radical (unpaired) electrons. The van der Waals surface area contributed by atoms with Gasteiger partial charge in [-0.05, 0) is 47.9 Å². The molecule has 1 heterocycles. The normalized spacial score (nSPS) is 12.8. The SMILES string of the molecule is COc1ccc(CCNC(=O)COC(=O)/C=C/c2ccc3c(c2)OCCCO3)cc1. The molecule has 0 saturated carbocycles. The minimum atomic E-state index is -0.590. The quantitative estimate of drug-likeness (QED) is 0.531. The molecule has 3 rings (SSSR count). The molecule has 1 N–H and O–H groups in total. The first-order valence-electron chi connectivity index (χ1n) is 9.78. The summed E-state index contributed by atoms with van der Waals surface area (Å²) in [7, 11) is 1.61. The lowest BCUT2D eigenvalue weighted by molar-refractivity contribution is -0.143. The van der Waals surface area contributed by atoms with Crippen molar-refractivity contribution in [2.24, 2.45) is 0 Å². The summed E-state index contributed by atoms with van der Waals surface area (Å²) in [5.74, 6) is 1.19. The van der Waals surface area contributed by atoms with E-state index in [4.69, 9.17) is 18.9 Å². The second-order valence-corrected chi connectivity index (χ2v) is 6.65. The van der Waals surface area contributed by atoms with Crippen molar-refractivity contribution < 1.29 is 28.5 Å². The molecule has 158 valence electrons. The molecule has 1 aliphatic heterocycles. The highest BCUT2D eigenvalue weighted by molar-refractivity contribution is 5.89. The van der Waals surface area contributed by atoms with Crippen molar-refractivity contribution in [3.63, 3.8) is 0 Å². The molecule has 0 unspecified atom stereocenters. The molecule has 0 fully saturated rings. The number of ether oxygens (including phenoxy) is 4. The minimum Gasteiger partial charge on any atom is -0.497 e. The van der Waals surface area contributed by atoms with E-state index >= 15 is 0 Å². The topological polar surface area (TPSA) is 83.1 Å². The average Bonchev–Trinajstić information content (AvgIpc) is 3.01. The Morgan fingerprint density at radius 1 is 1.07 bits per heavy atom. The maximum absolute atomic E-state index is 11.9. The highest BCUT2D eigenvalue weighted by Crippen LogP contribution is 2.30. The molecule has 7 nitrogen and oxygen atoms in total. The summed E-state index contributed by atoms with van der Waals surface area (Å²) < 4.78 is 21.3. The van der Waals surface area contributed by atoms with E-state index in [1.54, 1.807) is 19.3 Å². The number of rotatable bonds is 8. The number of benzene rings is 2. The van der Waals surface area contributed by atoms with Crippen LogP contribution in [0, 0.1) is 0 Å². The summed E-state index contributed by atoms with van der Waals surface area (Å²) in [4.78, 5) is 23.7. The summed E-state index contributed by atoms with van der Waals surface area (Å²) in [6.45, 7) is 1.34. The van der Waals surface area contributed by atoms with Crippen LogP contribution in [0.15, 0.2) is 48.5 Å². The summed E-state index contributed by atoms with van der Waals surface area (Å²) >= 11 is 0. The highest BCUT2D eigenvalue weighted by atomic mass is 16.5. The molecule has 0 saturated heterocycles. The fourth-order valence-corrected chi connectivity index (χ4v) is 2.82. The van der Waals surface area contributed by atoms with Gasteiger partial charge in [-0.1, -0.05) is 18.2 Å². The van der Waals surface area contributed by atoms with Crippen molar-refractivity contribution in [3.8, 4) is 17.2 Å². The van der Waals surface area contributed by atoms with Gasteiger partial charge in [-0.15, -0.1) is 0 Å². The molecular formula is C23H25NO6. The van der Waals surface area contributed by atoms with Crippen LogP contribution in [0.1, 0.15) is 17.5 Å². The summed E-state index contributed by atoms with van der Waals surface area (Å²) in [5, 5.41) is 2.73.